The lowest BCUT2D eigenvalue weighted by molar-refractivity contribution is 0.0734. The predicted octanol–water partition coefficient (Wildman–Crippen LogP) is 3.19. The van der Waals surface area contributed by atoms with Gasteiger partial charge in [-0.25, -0.2) is 0 Å². The van der Waals surface area contributed by atoms with Crippen molar-refractivity contribution in [2.75, 3.05) is 7.11 Å². The first-order valence-electron chi connectivity index (χ1n) is 5.97. The van der Waals surface area contributed by atoms with Crippen LogP contribution in [0.4, 0.5) is 0 Å². The summed E-state index contributed by atoms with van der Waals surface area (Å²) >= 11 is 0. The molecule has 1 N–H and O–H groups in total. The first-order valence-corrected chi connectivity index (χ1v) is 5.97. The summed E-state index contributed by atoms with van der Waals surface area (Å²) in [5.41, 5.74) is 2.90. The molecule has 1 aliphatic heterocycles. The molecule has 4 nitrogen and oxygen atoms in total. The van der Waals surface area contributed by atoms with Crippen LogP contribution in [0.5, 0.6) is 0 Å². The van der Waals surface area contributed by atoms with Crippen molar-refractivity contribution in [3.8, 4) is 0 Å². The Morgan fingerprint density at radius 1 is 1.27 bits per heavy atom. The average molecular weight is 217 g/mol. The molecule has 4 heteroatoms. The second kappa shape index (κ2) is 11.4. The van der Waals surface area contributed by atoms with Crippen LogP contribution < -0.4 is 5.43 Å². The van der Waals surface area contributed by atoms with E-state index in [0.29, 0.717) is 6.04 Å². The average Bonchev–Trinajstić information content (AvgIpc) is 2.73. The number of ether oxygens (including phenoxy) is 1. The van der Waals surface area contributed by atoms with Gasteiger partial charge in [0, 0.05) is 7.11 Å². The lowest BCUT2D eigenvalue weighted by Crippen LogP contribution is -2.37. The third-order valence-corrected chi connectivity index (χ3v) is 2.05. The van der Waals surface area contributed by atoms with Gasteiger partial charge in [-0.2, -0.15) is 5.11 Å². The first kappa shape index (κ1) is 16.8. The SMILES string of the molecule is CC.CC.CCC(OC)C1N=NNC1C. The Kier molecular flexibility index (Phi) is 12.8. The van der Waals surface area contributed by atoms with Gasteiger partial charge in [0.2, 0.25) is 0 Å². The second-order valence-electron chi connectivity index (χ2n) is 2.81. The van der Waals surface area contributed by atoms with Crippen LogP contribution in [-0.4, -0.2) is 25.3 Å². The molecule has 0 aliphatic carbocycles. The Balaban J connectivity index is 0. The number of nitrogens with zero attached hydrogens (tertiary/aromatic N) is 2. The molecule has 3 unspecified atom stereocenters. The molecular formula is C11H27N3O. The predicted molar refractivity (Wildman–Crippen MR) is 65.0 cm³/mol. The lowest BCUT2D eigenvalue weighted by Gasteiger charge is -2.20. The summed E-state index contributed by atoms with van der Waals surface area (Å²) in [6.45, 7) is 12.2. The third kappa shape index (κ3) is 5.72. The van der Waals surface area contributed by atoms with Gasteiger partial charge in [0.1, 0.15) is 6.04 Å². The molecule has 0 fully saturated rings. The van der Waals surface area contributed by atoms with E-state index in [-0.39, 0.29) is 12.1 Å². The van der Waals surface area contributed by atoms with Gasteiger partial charge in [-0.1, -0.05) is 39.8 Å². The zero-order valence-electron chi connectivity index (χ0n) is 11.2. The Hall–Kier alpha value is -0.640. The molecule has 0 aromatic rings. The van der Waals surface area contributed by atoms with Crippen LogP contribution in [-0.2, 0) is 4.74 Å². The van der Waals surface area contributed by atoms with Crippen LogP contribution in [0.1, 0.15) is 48.0 Å². The summed E-state index contributed by atoms with van der Waals surface area (Å²) in [4.78, 5) is 0. The van der Waals surface area contributed by atoms with E-state index in [0.717, 1.165) is 6.42 Å². The van der Waals surface area contributed by atoms with Gasteiger partial charge in [-0.05, 0) is 13.3 Å². The molecule has 1 rings (SSSR count). The zero-order chi connectivity index (χ0) is 12.3. The molecule has 0 aromatic carbocycles. The van der Waals surface area contributed by atoms with E-state index < -0.39 is 0 Å². The molecule has 0 radical (unpaired) electrons. The molecule has 0 aromatic heterocycles. The summed E-state index contributed by atoms with van der Waals surface area (Å²) in [6, 6.07) is 0.491. The Bertz CT molecular complexity index is 147. The third-order valence-electron chi connectivity index (χ3n) is 2.05. The summed E-state index contributed by atoms with van der Waals surface area (Å²) < 4.78 is 5.26. The molecule has 1 heterocycles. The first-order chi connectivity index (χ1) is 7.29. The molecule has 0 saturated heterocycles. The number of rotatable bonds is 3. The molecule has 15 heavy (non-hydrogen) atoms. The van der Waals surface area contributed by atoms with Crippen LogP contribution >= 0.6 is 0 Å². The topological polar surface area (TPSA) is 46.0 Å². The lowest BCUT2D eigenvalue weighted by atomic mass is 10.0. The minimum absolute atomic E-state index is 0.185. The van der Waals surface area contributed by atoms with Gasteiger partial charge in [-0.3, -0.25) is 5.43 Å². The number of hydrogen-bond acceptors (Lipinski definition) is 4. The van der Waals surface area contributed by atoms with Crippen molar-refractivity contribution in [1.82, 2.24) is 5.43 Å². The molecule has 0 spiro atoms. The van der Waals surface area contributed by atoms with Crippen molar-refractivity contribution in [1.29, 1.82) is 0 Å². The van der Waals surface area contributed by atoms with Gasteiger partial charge in [0.05, 0.1) is 12.1 Å². The highest BCUT2D eigenvalue weighted by atomic mass is 16.5. The summed E-state index contributed by atoms with van der Waals surface area (Å²) in [5, 5.41) is 7.81. The van der Waals surface area contributed by atoms with Gasteiger partial charge in [0.15, 0.2) is 0 Å². The Labute approximate surface area is 94.5 Å². The van der Waals surface area contributed by atoms with Crippen LogP contribution in [0, 0.1) is 0 Å². The number of hydrogen-bond donors (Lipinski definition) is 1. The maximum Gasteiger partial charge on any atom is 0.120 e. The fourth-order valence-corrected chi connectivity index (χ4v) is 1.31. The number of methoxy groups -OCH3 is 1. The van der Waals surface area contributed by atoms with Crippen molar-refractivity contribution in [3.63, 3.8) is 0 Å². The fourth-order valence-electron chi connectivity index (χ4n) is 1.31. The maximum atomic E-state index is 5.26. The minimum atomic E-state index is 0.185. The molecule has 1 aliphatic rings. The minimum Gasteiger partial charge on any atom is -0.379 e. The quantitative estimate of drug-likeness (QED) is 0.789. The Morgan fingerprint density at radius 3 is 2.07 bits per heavy atom. The summed E-state index contributed by atoms with van der Waals surface area (Å²) in [7, 11) is 1.72. The van der Waals surface area contributed by atoms with Crippen molar-refractivity contribution >= 4 is 0 Å². The maximum absolute atomic E-state index is 5.26. The van der Waals surface area contributed by atoms with E-state index in [1.807, 2.05) is 27.7 Å². The summed E-state index contributed by atoms with van der Waals surface area (Å²) in [5.74, 6) is 0. The Morgan fingerprint density at radius 2 is 1.80 bits per heavy atom. The van der Waals surface area contributed by atoms with E-state index in [1.165, 1.54) is 0 Å². The highest BCUT2D eigenvalue weighted by molar-refractivity contribution is 4.86. The van der Waals surface area contributed by atoms with Crippen LogP contribution in [0.2, 0.25) is 0 Å². The molecule has 0 bridgehead atoms. The van der Waals surface area contributed by atoms with Crippen molar-refractivity contribution in [2.45, 2.75) is 66.2 Å². The van der Waals surface area contributed by atoms with Crippen molar-refractivity contribution in [2.24, 2.45) is 10.3 Å². The van der Waals surface area contributed by atoms with E-state index in [1.54, 1.807) is 7.11 Å². The highest BCUT2D eigenvalue weighted by Crippen LogP contribution is 2.15. The highest BCUT2D eigenvalue weighted by Gasteiger charge is 2.28. The van der Waals surface area contributed by atoms with Crippen LogP contribution in [0.15, 0.2) is 10.3 Å². The normalized spacial score (nSPS) is 24.2. The van der Waals surface area contributed by atoms with E-state index in [9.17, 15) is 0 Å². The second-order valence-corrected chi connectivity index (χ2v) is 2.81. The zero-order valence-corrected chi connectivity index (χ0v) is 11.2. The van der Waals surface area contributed by atoms with E-state index in [4.69, 9.17) is 4.74 Å². The van der Waals surface area contributed by atoms with Gasteiger partial charge < -0.3 is 4.74 Å². The van der Waals surface area contributed by atoms with Crippen molar-refractivity contribution < 1.29 is 4.74 Å². The summed E-state index contributed by atoms with van der Waals surface area (Å²) in [6.07, 6.45) is 1.18. The van der Waals surface area contributed by atoms with Gasteiger partial charge in [-0.15, -0.1) is 0 Å². The van der Waals surface area contributed by atoms with Crippen LogP contribution in [0.25, 0.3) is 0 Å². The van der Waals surface area contributed by atoms with Crippen LogP contribution in [0.3, 0.4) is 0 Å². The molecule has 0 saturated carbocycles. The number of nitrogens with one attached hydrogen (secondary N) is 1. The van der Waals surface area contributed by atoms with Gasteiger partial charge >= 0.3 is 0 Å². The smallest absolute Gasteiger partial charge is 0.120 e. The standard InChI is InChI=1S/C7H15N3O.2C2H6/c1-4-6(11-3)7-5(2)8-10-9-7;2*1-2/h5-7H,4H2,1-3H3,(H,8,9);2*1-2H3. The van der Waals surface area contributed by atoms with Gasteiger partial charge in [0.25, 0.3) is 0 Å². The van der Waals surface area contributed by atoms with E-state index >= 15 is 0 Å². The monoisotopic (exact) mass is 217 g/mol. The molecule has 0 amide bonds. The molecule has 92 valence electrons. The molecule has 3 atom stereocenters. The van der Waals surface area contributed by atoms with Crippen molar-refractivity contribution in [3.05, 3.63) is 0 Å². The molecular weight excluding hydrogens is 190 g/mol. The largest absolute Gasteiger partial charge is 0.379 e. The fraction of sp³-hybridized carbons (Fsp3) is 1.00. The van der Waals surface area contributed by atoms with E-state index in [2.05, 4.69) is 29.6 Å².